The molecule has 1 N–H and O–H groups in total. The van der Waals surface area contributed by atoms with Crippen molar-refractivity contribution < 1.29 is 0 Å². The number of hydrogen-bond acceptors (Lipinski definition) is 1. The summed E-state index contributed by atoms with van der Waals surface area (Å²) >= 11 is 0. The number of aromatic nitrogens is 1. The normalized spacial score (nSPS) is 13.4. The maximum atomic E-state index is 3.56. The van der Waals surface area contributed by atoms with E-state index in [1.54, 1.807) is 0 Å². The van der Waals surface area contributed by atoms with Crippen molar-refractivity contribution in [2.75, 3.05) is 0 Å². The van der Waals surface area contributed by atoms with Gasteiger partial charge in [-0.25, -0.2) is 0 Å². The van der Waals surface area contributed by atoms with Crippen LogP contribution in [0.3, 0.4) is 0 Å². The van der Waals surface area contributed by atoms with Crippen molar-refractivity contribution in [3.05, 3.63) is 24.0 Å². The van der Waals surface area contributed by atoms with Crippen LogP contribution < -0.4 is 5.32 Å². The first-order chi connectivity index (χ1) is 7.15. The van der Waals surface area contributed by atoms with Gasteiger partial charge in [0, 0.05) is 31.0 Å². The molecule has 1 unspecified atom stereocenters. The fourth-order valence-corrected chi connectivity index (χ4v) is 1.57. The van der Waals surface area contributed by atoms with Crippen molar-refractivity contribution in [1.29, 1.82) is 0 Å². The highest BCUT2D eigenvalue weighted by atomic mass is 15.0. The lowest BCUT2D eigenvalue weighted by atomic mass is 10.1. The first-order valence-electron chi connectivity index (χ1n) is 6.02. The molecule has 0 aliphatic rings. The third-order valence-corrected chi connectivity index (χ3v) is 2.99. The SMILES string of the molecule is CCCn1cccc1CNC(C)C(C)C. The summed E-state index contributed by atoms with van der Waals surface area (Å²) in [5.74, 6) is 0.694. The zero-order valence-electron chi connectivity index (χ0n) is 10.5. The smallest absolute Gasteiger partial charge is 0.0361 e. The standard InChI is InChI=1S/C13H24N2/c1-5-8-15-9-6-7-13(15)10-14-12(4)11(2)3/h6-7,9,11-12,14H,5,8,10H2,1-4H3. The van der Waals surface area contributed by atoms with Gasteiger partial charge in [-0.1, -0.05) is 20.8 Å². The van der Waals surface area contributed by atoms with E-state index in [-0.39, 0.29) is 0 Å². The predicted octanol–water partition coefficient (Wildman–Crippen LogP) is 3.03. The molecule has 0 amide bonds. The van der Waals surface area contributed by atoms with Gasteiger partial charge in [-0.15, -0.1) is 0 Å². The number of rotatable bonds is 6. The highest BCUT2D eigenvalue weighted by Crippen LogP contribution is 2.06. The molecule has 86 valence electrons. The molecule has 0 saturated carbocycles. The number of hydrogen-bond donors (Lipinski definition) is 1. The van der Waals surface area contributed by atoms with Crippen LogP contribution in [0.2, 0.25) is 0 Å². The lowest BCUT2D eigenvalue weighted by Crippen LogP contribution is -2.30. The van der Waals surface area contributed by atoms with E-state index in [0.717, 1.165) is 13.1 Å². The van der Waals surface area contributed by atoms with Gasteiger partial charge in [0.2, 0.25) is 0 Å². The van der Waals surface area contributed by atoms with E-state index in [1.807, 2.05) is 0 Å². The molecule has 0 bridgehead atoms. The van der Waals surface area contributed by atoms with Gasteiger partial charge in [-0.05, 0) is 31.4 Å². The molecule has 0 radical (unpaired) electrons. The summed E-state index contributed by atoms with van der Waals surface area (Å²) in [5, 5.41) is 3.56. The van der Waals surface area contributed by atoms with E-state index in [9.17, 15) is 0 Å². The third kappa shape index (κ3) is 3.71. The van der Waals surface area contributed by atoms with E-state index < -0.39 is 0 Å². The van der Waals surface area contributed by atoms with Crippen LogP contribution >= 0.6 is 0 Å². The topological polar surface area (TPSA) is 17.0 Å². The minimum atomic E-state index is 0.579. The van der Waals surface area contributed by atoms with E-state index in [2.05, 4.69) is 55.9 Å². The molecule has 0 saturated heterocycles. The highest BCUT2D eigenvalue weighted by molar-refractivity contribution is 5.07. The van der Waals surface area contributed by atoms with Crippen LogP contribution in [0.4, 0.5) is 0 Å². The number of nitrogens with one attached hydrogen (secondary N) is 1. The molecular weight excluding hydrogens is 184 g/mol. The number of nitrogens with zero attached hydrogens (tertiary/aromatic N) is 1. The second-order valence-electron chi connectivity index (χ2n) is 4.61. The molecule has 0 spiro atoms. The van der Waals surface area contributed by atoms with Gasteiger partial charge in [0.05, 0.1) is 0 Å². The van der Waals surface area contributed by atoms with Crippen LogP contribution in [-0.2, 0) is 13.1 Å². The van der Waals surface area contributed by atoms with E-state index >= 15 is 0 Å². The zero-order valence-corrected chi connectivity index (χ0v) is 10.5. The van der Waals surface area contributed by atoms with E-state index in [1.165, 1.54) is 12.1 Å². The van der Waals surface area contributed by atoms with Crippen molar-refractivity contribution in [3.8, 4) is 0 Å². The number of aryl methyl sites for hydroxylation is 1. The quantitative estimate of drug-likeness (QED) is 0.760. The Kier molecular flexibility index (Phi) is 4.89. The molecule has 2 heteroatoms. The van der Waals surface area contributed by atoms with Crippen LogP contribution in [-0.4, -0.2) is 10.6 Å². The summed E-state index contributed by atoms with van der Waals surface area (Å²) in [6, 6.07) is 4.91. The molecule has 2 nitrogen and oxygen atoms in total. The van der Waals surface area contributed by atoms with Crippen LogP contribution in [0.25, 0.3) is 0 Å². The molecule has 15 heavy (non-hydrogen) atoms. The molecule has 0 aliphatic heterocycles. The summed E-state index contributed by atoms with van der Waals surface area (Å²) in [6.45, 7) is 11.1. The molecule has 1 aromatic heterocycles. The molecule has 1 atom stereocenters. The van der Waals surface area contributed by atoms with Gasteiger partial charge in [-0.2, -0.15) is 0 Å². The Hall–Kier alpha value is -0.760. The van der Waals surface area contributed by atoms with Crippen molar-refractivity contribution in [1.82, 2.24) is 9.88 Å². The lowest BCUT2D eigenvalue weighted by Gasteiger charge is -2.18. The molecule has 0 aromatic carbocycles. The summed E-state index contributed by atoms with van der Waals surface area (Å²) < 4.78 is 2.33. The first kappa shape index (κ1) is 12.3. The molecular formula is C13H24N2. The summed E-state index contributed by atoms with van der Waals surface area (Å²) in [4.78, 5) is 0. The van der Waals surface area contributed by atoms with Crippen molar-refractivity contribution in [2.45, 2.75) is 53.2 Å². The molecule has 0 fully saturated rings. The Morgan fingerprint density at radius 3 is 2.67 bits per heavy atom. The van der Waals surface area contributed by atoms with Crippen LogP contribution in [0.5, 0.6) is 0 Å². The van der Waals surface area contributed by atoms with E-state index in [4.69, 9.17) is 0 Å². The minimum absolute atomic E-state index is 0.579. The maximum absolute atomic E-state index is 3.56. The Balaban J connectivity index is 2.46. The summed E-state index contributed by atoms with van der Waals surface area (Å²) in [7, 11) is 0. The Morgan fingerprint density at radius 1 is 1.33 bits per heavy atom. The van der Waals surface area contributed by atoms with Crippen LogP contribution in [0.15, 0.2) is 18.3 Å². The molecule has 1 aromatic rings. The van der Waals surface area contributed by atoms with Gasteiger partial charge in [0.15, 0.2) is 0 Å². The Bertz CT molecular complexity index is 276. The van der Waals surface area contributed by atoms with Crippen LogP contribution in [0.1, 0.15) is 39.8 Å². The van der Waals surface area contributed by atoms with Gasteiger partial charge >= 0.3 is 0 Å². The zero-order chi connectivity index (χ0) is 11.3. The second-order valence-corrected chi connectivity index (χ2v) is 4.61. The molecule has 1 heterocycles. The van der Waals surface area contributed by atoms with E-state index in [0.29, 0.717) is 12.0 Å². The van der Waals surface area contributed by atoms with Gasteiger partial charge < -0.3 is 9.88 Å². The second kappa shape index (κ2) is 5.96. The summed E-state index contributed by atoms with van der Waals surface area (Å²) in [6.07, 6.45) is 3.36. The Morgan fingerprint density at radius 2 is 2.07 bits per heavy atom. The van der Waals surface area contributed by atoms with Gasteiger partial charge in [0.25, 0.3) is 0 Å². The van der Waals surface area contributed by atoms with Crippen molar-refractivity contribution >= 4 is 0 Å². The maximum Gasteiger partial charge on any atom is 0.0361 e. The Labute approximate surface area is 93.7 Å². The van der Waals surface area contributed by atoms with Crippen molar-refractivity contribution in [2.24, 2.45) is 5.92 Å². The van der Waals surface area contributed by atoms with Gasteiger partial charge in [-0.3, -0.25) is 0 Å². The fraction of sp³-hybridized carbons (Fsp3) is 0.692. The average molecular weight is 208 g/mol. The third-order valence-electron chi connectivity index (χ3n) is 2.99. The first-order valence-corrected chi connectivity index (χ1v) is 6.02. The summed E-state index contributed by atoms with van der Waals surface area (Å²) in [5.41, 5.74) is 1.39. The lowest BCUT2D eigenvalue weighted by molar-refractivity contribution is 0.419. The highest BCUT2D eigenvalue weighted by Gasteiger charge is 2.07. The van der Waals surface area contributed by atoms with Gasteiger partial charge in [0.1, 0.15) is 0 Å². The average Bonchev–Trinajstić information content (AvgIpc) is 2.62. The largest absolute Gasteiger partial charge is 0.350 e. The fourth-order valence-electron chi connectivity index (χ4n) is 1.57. The van der Waals surface area contributed by atoms with Crippen LogP contribution in [0, 0.1) is 5.92 Å². The minimum Gasteiger partial charge on any atom is -0.350 e. The molecule has 0 aliphatic carbocycles. The molecule has 1 rings (SSSR count). The monoisotopic (exact) mass is 208 g/mol. The van der Waals surface area contributed by atoms with Crippen molar-refractivity contribution in [3.63, 3.8) is 0 Å². The predicted molar refractivity (Wildman–Crippen MR) is 65.9 cm³/mol.